The van der Waals surface area contributed by atoms with E-state index >= 15 is 0 Å². The summed E-state index contributed by atoms with van der Waals surface area (Å²) in [5.41, 5.74) is 0. The molecule has 5 heteroatoms. The molecule has 2 rings (SSSR count). The quantitative estimate of drug-likeness (QED) is 0.821. The van der Waals surface area contributed by atoms with Gasteiger partial charge in [0.15, 0.2) is 0 Å². The fourth-order valence-corrected chi connectivity index (χ4v) is 3.40. The predicted octanol–water partition coefficient (Wildman–Crippen LogP) is 2.07. The maximum atomic E-state index is 10.6. The van der Waals surface area contributed by atoms with Gasteiger partial charge in [-0.3, -0.25) is 0 Å². The Labute approximate surface area is 115 Å². The Kier molecular flexibility index (Phi) is 5.45. The summed E-state index contributed by atoms with van der Waals surface area (Å²) in [6.45, 7) is 4.93. The standard InChI is InChI=1S/C14H26N2O3/c1-2-19-13-5-3-12(4-6-13)16-9-7-11(8-10-16)15-14(17)18/h11-13,15H,2-10H2,1H3,(H,17,18). The predicted molar refractivity (Wildman–Crippen MR) is 73.4 cm³/mol. The van der Waals surface area contributed by atoms with E-state index in [2.05, 4.69) is 17.1 Å². The molecule has 2 aliphatic rings. The molecule has 0 unspecified atom stereocenters. The van der Waals surface area contributed by atoms with Crippen LogP contribution in [-0.2, 0) is 4.74 Å². The van der Waals surface area contributed by atoms with Crippen LogP contribution in [0.4, 0.5) is 4.79 Å². The molecule has 0 aromatic heterocycles. The molecule has 0 spiro atoms. The van der Waals surface area contributed by atoms with Gasteiger partial charge in [0.2, 0.25) is 0 Å². The van der Waals surface area contributed by atoms with E-state index in [9.17, 15) is 4.79 Å². The molecule has 2 N–H and O–H groups in total. The molecule has 0 radical (unpaired) electrons. The Morgan fingerprint density at radius 1 is 1.21 bits per heavy atom. The maximum absolute atomic E-state index is 10.6. The van der Waals surface area contributed by atoms with Crippen LogP contribution in [0.25, 0.3) is 0 Å². The van der Waals surface area contributed by atoms with E-state index in [0.717, 1.165) is 32.5 Å². The van der Waals surface area contributed by atoms with Gasteiger partial charge in [0, 0.05) is 31.8 Å². The summed E-state index contributed by atoms with van der Waals surface area (Å²) in [5, 5.41) is 11.3. The Hall–Kier alpha value is -0.810. The molecule has 1 aliphatic carbocycles. The zero-order valence-corrected chi connectivity index (χ0v) is 11.8. The van der Waals surface area contributed by atoms with E-state index in [1.54, 1.807) is 0 Å². The van der Waals surface area contributed by atoms with Crippen LogP contribution in [0.2, 0.25) is 0 Å². The first-order chi connectivity index (χ1) is 9.19. The number of amides is 1. The van der Waals surface area contributed by atoms with Gasteiger partial charge in [-0.15, -0.1) is 0 Å². The highest BCUT2D eigenvalue weighted by molar-refractivity contribution is 5.64. The summed E-state index contributed by atoms with van der Waals surface area (Å²) in [7, 11) is 0. The molecule has 5 nitrogen and oxygen atoms in total. The van der Waals surface area contributed by atoms with Crippen molar-refractivity contribution >= 4 is 6.09 Å². The van der Waals surface area contributed by atoms with Gasteiger partial charge in [-0.05, 0) is 45.4 Å². The van der Waals surface area contributed by atoms with Gasteiger partial charge in [0.05, 0.1) is 6.10 Å². The number of carboxylic acid groups (broad SMARTS) is 1. The largest absolute Gasteiger partial charge is 0.465 e. The Balaban J connectivity index is 1.69. The number of nitrogens with zero attached hydrogens (tertiary/aromatic N) is 1. The number of carbonyl (C=O) groups is 1. The molecule has 110 valence electrons. The van der Waals surface area contributed by atoms with Crippen molar-refractivity contribution in [1.82, 2.24) is 10.2 Å². The van der Waals surface area contributed by atoms with E-state index < -0.39 is 6.09 Å². The van der Waals surface area contributed by atoms with Crippen LogP contribution in [0.5, 0.6) is 0 Å². The first-order valence-electron chi connectivity index (χ1n) is 7.54. The molecule has 19 heavy (non-hydrogen) atoms. The lowest BCUT2D eigenvalue weighted by atomic mass is 9.90. The molecule has 2 fully saturated rings. The molecule has 0 aromatic carbocycles. The third kappa shape index (κ3) is 4.35. The minimum absolute atomic E-state index is 0.147. The van der Waals surface area contributed by atoms with E-state index in [1.165, 1.54) is 25.7 Å². The topological polar surface area (TPSA) is 61.8 Å². The second-order valence-electron chi connectivity index (χ2n) is 5.65. The van der Waals surface area contributed by atoms with Gasteiger partial charge in [0.1, 0.15) is 0 Å². The SMILES string of the molecule is CCOC1CCC(N2CCC(NC(=O)O)CC2)CC1. The average Bonchev–Trinajstić information content (AvgIpc) is 2.40. The van der Waals surface area contributed by atoms with Gasteiger partial charge in [0.25, 0.3) is 0 Å². The van der Waals surface area contributed by atoms with E-state index in [4.69, 9.17) is 9.84 Å². The number of hydrogen-bond acceptors (Lipinski definition) is 3. The molecular formula is C14H26N2O3. The first-order valence-corrected chi connectivity index (χ1v) is 7.54. The lowest BCUT2D eigenvalue weighted by molar-refractivity contribution is 0.00891. The highest BCUT2D eigenvalue weighted by Crippen LogP contribution is 2.27. The van der Waals surface area contributed by atoms with Crippen LogP contribution < -0.4 is 5.32 Å². The highest BCUT2D eigenvalue weighted by atomic mass is 16.5. The van der Waals surface area contributed by atoms with Gasteiger partial charge in [-0.25, -0.2) is 4.79 Å². The highest BCUT2D eigenvalue weighted by Gasteiger charge is 2.29. The van der Waals surface area contributed by atoms with Crippen LogP contribution in [0.3, 0.4) is 0 Å². The van der Waals surface area contributed by atoms with Crippen LogP contribution in [0.1, 0.15) is 45.4 Å². The number of piperidine rings is 1. The Morgan fingerprint density at radius 3 is 2.37 bits per heavy atom. The van der Waals surface area contributed by atoms with Crippen molar-refractivity contribution in [3.63, 3.8) is 0 Å². The maximum Gasteiger partial charge on any atom is 0.404 e. The number of likely N-dealkylation sites (tertiary alicyclic amines) is 1. The molecular weight excluding hydrogens is 244 g/mol. The lowest BCUT2D eigenvalue weighted by Crippen LogP contribution is -2.48. The van der Waals surface area contributed by atoms with Gasteiger partial charge < -0.3 is 20.1 Å². The zero-order valence-electron chi connectivity index (χ0n) is 11.8. The van der Waals surface area contributed by atoms with Crippen molar-refractivity contribution in [2.45, 2.75) is 63.6 Å². The van der Waals surface area contributed by atoms with Crippen molar-refractivity contribution in [2.75, 3.05) is 19.7 Å². The van der Waals surface area contributed by atoms with Crippen molar-refractivity contribution < 1.29 is 14.6 Å². The van der Waals surface area contributed by atoms with Crippen LogP contribution >= 0.6 is 0 Å². The van der Waals surface area contributed by atoms with E-state index in [0.29, 0.717) is 12.1 Å². The van der Waals surface area contributed by atoms with Crippen molar-refractivity contribution in [1.29, 1.82) is 0 Å². The number of rotatable bonds is 4. The summed E-state index contributed by atoms with van der Waals surface area (Å²) >= 11 is 0. The van der Waals surface area contributed by atoms with Crippen LogP contribution in [0, 0.1) is 0 Å². The summed E-state index contributed by atoms with van der Waals surface area (Å²) < 4.78 is 5.69. The average molecular weight is 270 g/mol. The monoisotopic (exact) mass is 270 g/mol. The van der Waals surface area contributed by atoms with Gasteiger partial charge in [-0.1, -0.05) is 0 Å². The fourth-order valence-electron chi connectivity index (χ4n) is 3.40. The molecule has 1 heterocycles. The van der Waals surface area contributed by atoms with Gasteiger partial charge >= 0.3 is 6.09 Å². The normalized spacial score (nSPS) is 30.2. The van der Waals surface area contributed by atoms with Crippen molar-refractivity contribution in [3.8, 4) is 0 Å². The lowest BCUT2D eigenvalue weighted by Gasteiger charge is -2.40. The van der Waals surface area contributed by atoms with Crippen LogP contribution in [-0.4, -0.2) is 54.0 Å². The minimum atomic E-state index is -0.893. The third-order valence-electron chi connectivity index (χ3n) is 4.42. The molecule has 0 atom stereocenters. The first kappa shape index (κ1) is 14.6. The fraction of sp³-hybridized carbons (Fsp3) is 0.929. The number of nitrogens with one attached hydrogen (secondary N) is 1. The summed E-state index contributed by atoms with van der Waals surface area (Å²) in [6.07, 6.45) is 6.25. The van der Waals surface area contributed by atoms with E-state index in [1.807, 2.05) is 0 Å². The molecule has 1 saturated heterocycles. The van der Waals surface area contributed by atoms with Gasteiger partial charge in [-0.2, -0.15) is 0 Å². The molecule has 1 amide bonds. The van der Waals surface area contributed by atoms with Crippen LogP contribution in [0.15, 0.2) is 0 Å². The second-order valence-corrected chi connectivity index (χ2v) is 5.65. The summed E-state index contributed by atoms with van der Waals surface area (Å²) in [4.78, 5) is 13.2. The van der Waals surface area contributed by atoms with Crippen molar-refractivity contribution in [3.05, 3.63) is 0 Å². The van der Waals surface area contributed by atoms with Crippen molar-refractivity contribution in [2.24, 2.45) is 0 Å². The molecule has 0 aromatic rings. The van der Waals surface area contributed by atoms with E-state index in [-0.39, 0.29) is 6.04 Å². The minimum Gasteiger partial charge on any atom is -0.465 e. The second kappa shape index (κ2) is 7.10. The summed E-state index contributed by atoms with van der Waals surface area (Å²) in [6, 6.07) is 0.830. The summed E-state index contributed by atoms with van der Waals surface area (Å²) in [5.74, 6) is 0. The number of hydrogen-bond donors (Lipinski definition) is 2. The smallest absolute Gasteiger partial charge is 0.404 e. The number of ether oxygens (including phenoxy) is 1. The zero-order chi connectivity index (χ0) is 13.7. The Bertz CT molecular complexity index is 282. The molecule has 1 saturated carbocycles. The molecule has 1 aliphatic heterocycles. The Morgan fingerprint density at radius 2 is 1.84 bits per heavy atom. The third-order valence-corrected chi connectivity index (χ3v) is 4.42. The molecule has 0 bridgehead atoms.